The first-order chi connectivity index (χ1) is 7.70. The highest BCUT2D eigenvalue weighted by molar-refractivity contribution is 5.03. The number of fused-ring (bicyclic) bond motifs is 1. The first-order valence-electron chi connectivity index (χ1n) is 6.59. The molecule has 2 aliphatic heterocycles. The summed E-state index contributed by atoms with van der Waals surface area (Å²) < 4.78 is 11.5. The minimum Gasteiger partial charge on any atom is -0.380 e. The summed E-state index contributed by atoms with van der Waals surface area (Å²) >= 11 is 0. The fourth-order valence-electron chi connectivity index (χ4n) is 3.04. The van der Waals surface area contributed by atoms with Crippen LogP contribution in [0.2, 0.25) is 0 Å². The van der Waals surface area contributed by atoms with Gasteiger partial charge in [-0.1, -0.05) is 6.92 Å². The molecule has 0 bridgehead atoms. The minimum absolute atomic E-state index is 0.296. The Bertz CT molecular complexity index is 234. The molecule has 0 aromatic heterocycles. The fourth-order valence-corrected chi connectivity index (χ4v) is 3.04. The lowest BCUT2D eigenvalue weighted by Crippen LogP contribution is -2.43. The molecule has 2 fully saturated rings. The number of nitrogens with zero attached hydrogens (tertiary/aromatic N) is 1. The predicted octanol–water partition coefficient (Wildman–Crippen LogP) is 2.05. The Kier molecular flexibility index (Phi) is 3.88. The van der Waals surface area contributed by atoms with Crippen LogP contribution in [0.15, 0.2) is 0 Å². The molecule has 0 radical (unpaired) electrons. The van der Waals surface area contributed by atoms with Crippen LogP contribution in [0.1, 0.15) is 39.5 Å². The van der Waals surface area contributed by atoms with Crippen molar-refractivity contribution < 1.29 is 9.47 Å². The maximum absolute atomic E-state index is 5.98. The minimum atomic E-state index is 0.296. The second-order valence-corrected chi connectivity index (χ2v) is 5.37. The van der Waals surface area contributed by atoms with Crippen molar-refractivity contribution >= 4 is 0 Å². The van der Waals surface area contributed by atoms with Crippen molar-refractivity contribution in [2.45, 2.75) is 57.3 Å². The molecule has 3 unspecified atom stereocenters. The smallest absolute Gasteiger partial charge is 0.0716 e. The van der Waals surface area contributed by atoms with Crippen LogP contribution >= 0.6 is 0 Å². The Morgan fingerprint density at radius 1 is 1.50 bits per heavy atom. The van der Waals surface area contributed by atoms with Crippen LogP contribution < -0.4 is 0 Å². The lowest BCUT2D eigenvalue weighted by Gasteiger charge is -2.32. The monoisotopic (exact) mass is 227 g/mol. The van der Waals surface area contributed by atoms with Gasteiger partial charge in [-0.05, 0) is 39.2 Å². The first-order valence-corrected chi connectivity index (χ1v) is 6.59. The summed E-state index contributed by atoms with van der Waals surface area (Å²) in [5, 5.41) is 0. The van der Waals surface area contributed by atoms with Gasteiger partial charge in [0.25, 0.3) is 0 Å². The van der Waals surface area contributed by atoms with E-state index < -0.39 is 0 Å². The van der Waals surface area contributed by atoms with Crippen molar-refractivity contribution in [3.8, 4) is 0 Å². The quantitative estimate of drug-likeness (QED) is 0.717. The van der Waals surface area contributed by atoms with Crippen LogP contribution in [0.4, 0.5) is 0 Å². The average Bonchev–Trinajstić information content (AvgIpc) is 2.81. The average molecular weight is 227 g/mol. The third-order valence-electron chi connectivity index (χ3n) is 4.32. The van der Waals surface area contributed by atoms with Gasteiger partial charge in [0.2, 0.25) is 0 Å². The molecular weight excluding hydrogens is 202 g/mol. The number of methoxy groups -OCH3 is 1. The summed E-state index contributed by atoms with van der Waals surface area (Å²) in [7, 11) is 1.83. The molecule has 2 aliphatic rings. The first kappa shape index (κ1) is 12.3. The van der Waals surface area contributed by atoms with E-state index in [0.29, 0.717) is 17.7 Å². The normalized spacial score (nSPS) is 36.6. The van der Waals surface area contributed by atoms with Crippen molar-refractivity contribution in [3.05, 3.63) is 0 Å². The standard InChI is InChI=1S/C13H25NO2/c1-4-11(2)16-10-13-6-5-7-14(13)9-12(8-13)15-3/h11-12H,4-10H2,1-3H3. The lowest BCUT2D eigenvalue weighted by molar-refractivity contribution is -0.00693. The van der Waals surface area contributed by atoms with E-state index in [9.17, 15) is 0 Å². The van der Waals surface area contributed by atoms with E-state index in [1.807, 2.05) is 7.11 Å². The molecule has 3 atom stereocenters. The molecule has 2 rings (SSSR count). The largest absolute Gasteiger partial charge is 0.380 e. The molecular formula is C13H25NO2. The van der Waals surface area contributed by atoms with Crippen molar-refractivity contribution in [2.24, 2.45) is 0 Å². The van der Waals surface area contributed by atoms with E-state index >= 15 is 0 Å². The maximum atomic E-state index is 5.98. The van der Waals surface area contributed by atoms with Gasteiger partial charge >= 0.3 is 0 Å². The van der Waals surface area contributed by atoms with Crippen LogP contribution in [0, 0.1) is 0 Å². The topological polar surface area (TPSA) is 21.7 Å². The van der Waals surface area contributed by atoms with E-state index in [0.717, 1.165) is 26.0 Å². The highest BCUT2D eigenvalue weighted by atomic mass is 16.5. The Hall–Kier alpha value is -0.120. The second kappa shape index (κ2) is 5.03. The van der Waals surface area contributed by atoms with E-state index in [1.165, 1.54) is 19.4 Å². The molecule has 0 aliphatic carbocycles. The second-order valence-electron chi connectivity index (χ2n) is 5.37. The van der Waals surface area contributed by atoms with Gasteiger partial charge in [0.05, 0.1) is 18.8 Å². The highest BCUT2D eigenvalue weighted by Gasteiger charge is 2.48. The Morgan fingerprint density at radius 2 is 2.31 bits per heavy atom. The van der Waals surface area contributed by atoms with Crippen LogP contribution in [-0.2, 0) is 9.47 Å². The summed E-state index contributed by atoms with van der Waals surface area (Å²) in [6.45, 7) is 7.56. The van der Waals surface area contributed by atoms with Gasteiger partial charge < -0.3 is 9.47 Å². The molecule has 3 nitrogen and oxygen atoms in total. The summed E-state index contributed by atoms with van der Waals surface area (Å²) in [4.78, 5) is 2.59. The van der Waals surface area contributed by atoms with E-state index in [-0.39, 0.29) is 0 Å². The number of hydrogen-bond donors (Lipinski definition) is 0. The zero-order valence-corrected chi connectivity index (χ0v) is 10.9. The third kappa shape index (κ3) is 2.27. The Morgan fingerprint density at radius 3 is 3.00 bits per heavy atom. The molecule has 0 saturated carbocycles. The van der Waals surface area contributed by atoms with E-state index in [4.69, 9.17) is 9.47 Å². The highest BCUT2D eigenvalue weighted by Crippen LogP contribution is 2.40. The van der Waals surface area contributed by atoms with Gasteiger partial charge in [-0.25, -0.2) is 0 Å². The van der Waals surface area contributed by atoms with Crippen molar-refractivity contribution in [1.29, 1.82) is 0 Å². The molecule has 0 spiro atoms. The summed E-state index contributed by atoms with van der Waals surface area (Å²) in [5.74, 6) is 0. The van der Waals surface area contributed by atoms with Crippen molar-refractivity contribution in [3.63, 3.8) is 0 Å². The summed E-state index contributed by atoms with van der Waals surface area (Å²) in [5.41, 5.74) is 0.296. The van der Waals surface area contributed by atoms with Gasteiger partial charge in [0, 0.05) is 19.2 Å². The number of ether oxygens (including phenoxy) is 2. The molecule has 2 heterocycles. The predicted molar refractivity (Wildman–Crippen MR) is 64.7 cm³/mol. The summed E-state index contributed by atoms with van der Waals surface area (Å²) in [6, 6.07) is 0. The zero-order valence-electron chi connectivity index (χ0n) is 10.9. The molecule has 3 heteroatoms. The van der Waals surface area contributed by atoms with Crippen molar-refractivity contribution in [1.82, 2.24) is 4.90 Å². The summed E-state index contributed by atoms with van der Waals surface area (Å²) in [6.07, 6.45) is 5.66. The van der Waals surface area contributed by atoms with Gasteiger partial charge in [0.1, 0.15) is 0 Å². The lowest BCUT2D eigenvalue weighted by atomic mass is 9.94. The third-order valence-corrected chi connectivity index (χ3v) is 4.32. The molecule has 0 aromatic carbocycles. The number of hydrogen-bond acceptors (Lipinski definition) is 3. The van der Waals surface area contributed by atoms with Gasteiger partial charge in [-0.3, -0.25) is 4.90 Å². The molecule has 94 valence electrons. The molecule has 0 N–H and O–H groups in total. The number of rotatable bonds is 5. The van der Waals surface area contributed by atoms with Crippen molar-refractivity contribution in [2.75, 3.05) is 26.8 Å². The maximum Gasteiger partial charge on any atom is 0.0716 e. The van der Waals surface area contributed by atoms with Gasteiger partial charge in [0.15, 0.2) is 0 Å². The fraction of sp³-hybridized carbons (Fsp3) is 1.00. The van der Waals surface area contributed by atoms with Crippen LogP contribution in [-0.4, -0.2) is 49.5 Å². The molecule has 0 aromatic rings. The zero-order chi connectivity index (χ0) is 11.6. The van der Waals surface area contributed by atoms with Crippen LogP contribution in [0.3, 0.4) is 0 Å². The van der Waals surface area contributed by atoms with Crippen LogP contribution in [0.25, 0.3) is 0 Å². The SMILES string of the molecule is CCC(C)OCC12CCCN1CC(OC)C2. The Labute approximate surface area is 99.1 Å². The molecule has 0 amide bonds. The van der Waals surface area contributed by atoms with E-state index in [1.54, 1.807) is 0 Å². The molecule has 16 heavy (non-hydrogen) atoms. The Balaban J connectivity index is 1.93. The van der Waals surface area contributed by atoms with Gasteiger partial charge in [-0.2, -0.15) is 0 Å². The molecule has 2 saturated heterocycles. The van der Waals surface area contributed by atoms with E-state index in [2.05, 4.69) is 18.7 Å². The van der Waals surface area contributed by atoms with Crippen LogP contribution in [0.5, 0.6) is 0 Å². The van der Waals surface area contributed by atoms with Gasteiger partial charge in [-0.15, -0.1) is 0 Å².